The summed E-state index contributed by atoms with van der Waals surface area (Å²) < 4.78 is 9.07. The fourth-order valence-electron chi connectivity index (χ4n) is 3.29. The summed E-state index contributed by atoms with van der Waals surface area (Å²) in [5, 5.41) is 13.8. The van der Waals surface area contributed by atoms with E-state index in [0.29, 0.717) is 17.4 Å². The molecule has 4 rings (SSSR count). The van der Waals surface area contributed by atoms with Crippen molar-refractivity contribution in [1.29, 1.82) is 0 Å². The van der Waals surface area contributed by atoms with Crippen LogP contribution in [0.5, 0.6) is 0 Å². The van der Waals surface area contributed by atoms with Crippen molar-refractivity contribution in [2.75, 3.05) is 0 Å². The molecule has 4 heterocycles. The van der Waals surface area contributed by atoms with Gasteiger partial charge in [-0.1, -0.05) is 23.9 Å². The highest BCUT2D eigenvalue weighted by Crippen LogP contribution is 2.34. The first-order valence-electron chi connectivity index (χ1n) is 9.18. The van der Waals surface area contributed by atoms with E-state index in [-0.39, 0.29) is 0 Å². The summed E-state index contributed by atoms with van der Waals surface area (Å²) in [4.78, 5) is 9.35. The van der Waals surface area contributed by atoms with Gasteiger partial charge in [-0.2, -0.15) is 15.2 Å². The quantitative estimate of drug-likeness (QED) is 0.479. The molecule has 4 aromatic rings. The second-order valence-corrected chi connectivity index (χ2v) is 6.56. The summed E-state index contributed by atoms with van der Waals surface area (Å²) in [6.45, 7) is 9.51. The third kappa shape index (κ3) is 3.18. The topological polar surface area (TPSA) is 87.5 Å². The maximum atomic E-state index is 5.49. The van der Waals surface area contributed by atoms with Gasteiger partial charge in [-0.25, -0.2) is 9.67 Å². The van der Waals surface area contributed by atoms with Gasteiger partial charge >= 0.3 is 0 Å². The molecule has 0 aliphatic rings. The normalized spacial score (nSPS) is 12.3. The van der Waals surface area contributed by atoms with Gasteiger partial charge in [0, 0.05) is 13.2 Å². The molecule has 29 heavy (non-hydrogen) atoms. The summed E-state index contributed by atoms with van der Waals surface area (Å²) >= 11 is 0. The summed E-state index contributed by atoms with van der Waals surface area (Å²) in [6, 6.07) is 3.86. The molecule has 0 N–H and O–H groups in total. The van der Waals surface area contributed by atoms with E-state index in [4.69, 9.17) is 14.6 Å². The summed E-state index contributed by atoms with van der Waals surface area (Å²) in [7, 11) is 1.88. The van der Waals surface area contributed by atoms with Crippen LogP contribution in [0.25, 0.3) is 39.6 Å². The van der Waals surface area contributed by atoms with Crippen LogP contribution in [0.2, 0.25) is 0 Å². The van der Waals surface area contributed by atoms with E-state index < -0.39 is 0 Å². The second-order valence-electron chi connectivity index (χ2n) is 6.56. The molecule has 0 radical (unpaired) electrons. The number of hydrogen-bond acceptors (Lipinski definition) is 6. The van der Waals surface area contributed by atoms with Gasteiger partial charge in [-0.15, -0.1) is 0 Å². The molecule has 0 saturated carbocycles. The Balaban J connectivity index is 2.10. The average molecular weight is 387 g/mol. The van der Waals surface area contributed by atoms with E-state index in [1.54, 1.807) is 28.6 Å². The van der Waals surface area contributed by atoms with Crippen molar-refractivity contribution in [3.63, 3.8) is 0 Å². The van der Waals surface area contributed by atoms with Crippen molar-refractivity contribution in [1.82, 2.24) is 34.7 Å². The lowest BCUT2D eigenvalue weighted by Crippen LogP contribution is -2.01. The van der Waals surface area contributed by atoms with Crippen molar-refractivity contribution >= 4 is 16.7 Å². The van der Waals surface area contributed by atoms with E-state index in [2.05, 4.69) is 21.8 Å². The highest BCUT2D eigenvalue weighted by Gasteiger charge is 2.21. The Morgan fingerprint density at radius 3 is 2.69 bits per heavy atom. The van der Waals surface area contributed by atoms with Gasteiger partial charge in [0.1, 0.15) is 0 Å². The molecule has 0 amide bonds. The number of hydrogen-bond donors (Lipinski definition) is 0. The molecule has 8 nitrogen and oxygen atoms in total. The average Bonchev–Trinajstić information content (AvgIpc) is 3.40. The van der Waals surface area contributed by atoms with Gasteiger partial charge in [0.25, 0.3) is 5.89 Å². The lowest BCUT2D eigenvalue weighted by atomic mass is 10.1. The van der Waals surface area contributed by atoms with Crippen LogP contribution >= 0.6 is 0 Å². The first-order valence-corrected chi connectivity index (χ1v) is 9.18. The molecule has 4 aromatic heterocycles. The van der Waals surface area contributed by atoms with Crippen LogP contribution in [0, 0.1) is 13.8 Å². The predicted molar refractivity (Wildman–Crippen MR) is 112 cm³/mol. The number of allylic oxidation sites excluding steroid dienone is 5. The minimum Gasteiger partial charge on any atom is -0.334 e. The third-order valence-corrected chi connectivity index (χ3v) is 4.52. The molecule has 0 saturated heterocycles. The van der Waals surface area contributed by atoms with Crippen LogP contribution in [-0.4, -0.2) is 34.7 Å². The molecule has 0 aromatic carbocycles. The lowest BCUT2D eigenvalue weighted by molar-refractivity contribution is 0.426. The van der Waals surface area contributed by atoms with Crippen LogP contribution in [0.4, 0.5) is 0 Å². The van der Waals surface area contributed by atoms with Crippen LogP contribution in [0.3, 0.4) is 0 Å². The Hall–Kier alpha value is -3.81. The van der Waals surface area contributed by atoms with Crippen molar-refractivity contribution in [3.8, 4) is 22.8 Å². The zero-order valence-electron chi connectivity index (χ0n) is 16.8. The Bertz CT molecular complexity index is 1270. The molecule has 0 aliphatic carbocycles. The second kappa shape index (κ2) is 7.31. The fraction of sp³-hybridized carbons (Fsp3) is 0.190. The number of fused-ring (bicyclic) bond motifs is 1. The van der Waals surface area contributed by atoms with E-state index in [0.717, 1.165) is 33.7 Å². The Morgan fingerprint density at radius 2 is 2.07 bits per heavy atom. The van der Waals surface area contributed by atoms with E-state index >= 15 is 0 Å². The van der Waals surface area contributed by atoms with Crippen molar-refractivity contribution in [2.24, 2.45) is 7.05 Å². The van der Waals surface area contributed by atoms with E-state index in [1.807, 2.05) is 51.3 Å². The minimum absolute atomic E-state index is 0.432. The van der Waals surface area contributed by atoms with Gasteiger partial charge in [0.2, 0.25) is 0 Å². The molecule has 8 heteroatoms. The fourth-order valence-corrected chi connectivity index (χ4v) is 3.29. The van der Waals surface area contributed by atoms with Crippen LogP contribution in [0.15, 0.2) is 53.7 Å². The summed E-state index contributed by atoms with van der Waals surface area (Å²) in [5.41, 5.74) is 4.75. The first kappa shape index (κ1) is 18.5. The predicted octanol–water partition coefficient (Wildman–Crippen LogP) is 4.10. The highest BCUT2D eigenvalue weighted by molar-refractivity contribution is 5.96. The number of aromatic nitrogens is 7. The molecule has 146 valence electrons. The maximum absolute atomic E-state index is 5.49. The van der Waals surface area contributed by atoms with Crippen molar-refractivity contribution in [2.45, 2.75) is 20.8 Å². The van der Waals surface area contributed by atoms with E-state index in [9.17, 15) is 0 Å². The number of nitrogens with zero attached hydrogens (tertiary/aromatic N) is 7. The smallest absolute Gasteiger partial charge is 0.258 e. The number of aryl methyl sites for hydroxylation is 3. The zero-order chi connectivity index (χ0) is 20.5. The number of pyridine rings is 1. The molecule has 0 spiro atoms. The Labute approximate surface area is 167 Å². The lowest BCUT2D eigenvalue weighted by Gasteiger charge is -2.08. The van der Waals surface area contributed by atoms with Crippen LogP contribution in [-0.2, 0) is 7.05 Å². The SMILES string of the molecule is C=C/C=C(\C=C/C)n1nc(C)c2c(-c3nc(C)no3)cc(-c3ccnn3C)nc21. The zero-order valence-corrected chi connectivity index (χ0v) is 16.8. The highest BCUT2D eigenvalue weighted by atomic mass is 16.5. The molecule has 0 unspecified atom stereocenters. The van der Waals surface area contributed by atoms with Crippen LogP contribution < -0.4 is 0 Å². The molecule has 0 fully saturated rings. The number of rotatable bonds is 5. The van der Waals surface area contributed by atoms with Crippen LogP contribution in [0.1, 0.15) is 18.4 Å². The molecular formula is C21H21N7O. The van der Waals surface area contributed by atoms with Gasteiger partial charge < -0.3 is 4.52 Å². The molecule has 0 atom stereocenters. The largest absolute Gasteiger partial charge is 0.334 e. The standard InChI is InChI=1S/C21H21N7O/c1-6-8-15(9-7-2)28-20-19(13(3)25-28)16(21-23-14(4)26-29-21)12-17(24-20)18-10-11-22-27(18)5/h6-12H,1H2,2-5H3/b9-7-,15-8+. The molecular weight excluding hydrogens is 366 g/mol. The summed E-state index contributed by atoms with van der Waals surface area (Å²) in [5.74, 6) is 1.000. The Morgan fingerprint density at radius 1 is 1.24 bits per heavy atom. The van der Waals surface area contributed by atoms with E-state index in [1.165, 1.54) is 0 Å². The first-order chi connectivity index (χ1) is 14.0. The molecule has 0 bridgehead atoms. The minimum atomic E-state index is 0.432. The van der Waals surface area contributed by atoms with Crippen molar-refractivity contribution < 1.29 is 4.52 Å². The van der Waals surface area contributed by atoms with Crippen molar-refractivity contribution in [3.05, 3.63) is 60.7 Å². The van der Waals surface area contributed by atoms with Gasteiger partial charge in [-0.05, 0) is 45.1 Å². The third-order valence-electron chi connectivity index (χ3n) is 4.52. The monoisotopic (exact) mass is 387 g/mol. The van der Waals surface area contributed by atoms with Gasteiger partial charge in [-0.3, -0.25) is 4.68 Å². The Kier molecular flexibility index (Phi) is 4.67. The van der Waals surface area contributed by atoms with Gasteiger partial charge in [0.05, 0.1) is 33.7 Å². The summed E-state index contributed by atoms with van der Waals surface area (Å²) in [6.07, 6.45) is 9.27. The van der Waals surface area contributed by atoms with Gasteiger partial charge in [0.15, 0.2) is 11.5 Å². The maximum Gasteiger partial charge on any atom is 0.258 e. The molecule has 0 aliphatic heterocycles.